The molecule has 0 aliphatic carbocycles. The largest absolute Gasteiger partial charge is 0.196 e. The Morgan fingerprint density at radius 2 is 2.36 bits per heavy atom. The van der Waals surface area contributed by atoms with Gasteiger partial charge in [0.05, 0.1) is 0 Å². The fourth-order valence-corrected chi connectivity index (χ4v) is 1.81. The molecule has 0 saturated carbocycles. The fraction of sp³-hybridized carbons (Fsp3) is 0.778. The number of rotatable bonds is 0. The minimum absolute atomic E-state index is 0.631. The molecule has 0 saturated heterocycles. The highest BCUT2D eigenvalue weighted by Crippen LogP contribution is 2.15. The van der Waals surface area contributed by atoms with Crippen LogP contribution >= 0.6 is 0 Å². The lowest BCUT2D eigenvalue weighted by molar-refractivity contribution is -0.620. The van der Waals surface area contributed by atoms with E-state index < -0.39 is 0 Å². The van der Waals surface area contributed by atoms with Crippen LogP contribution < -0.4 is 0 Å². The predicted molar refractivity (Wildman–Crippen MR) is 43.8 cm³/mol. The minimum Gasteiger partial charge on any atom is -0.121 e. The van der Waals surface area contributed by atoms with Crippen LogP contribution in [0.1, 0.15) is 25.7 Å². The topological polar surface area (TPSA) is 15.4 Å². The third kappa shape index (κ3) is 1.50. The Morgan fingerprint density at radius 3 is 3.36 bits per heavy atom. The van der Waals surface area contributed by atoms with E-state index in [9.17, 15) is 0 Å². The number of hydrogen-bond acceptors (Lipinski definition) is 1. The Bertz CT molecular complexity index is 194. The molecule has 2 aliphatic rings. The molecule has 0 bridgehead atoms. The van der Waals surface area contributed by atoms with Crippen LogP contribution in [0.5, 0.6) is 0 Å². The minimum atomic E-state index is 0.631. The summed E-state index contributed by atoms with van der Waals surface area (Å²) in [7, 11) is 0. The van der Waals surface area contributed by atoms with Gasteiger partial charge in [-0.3, -0.25) is 0 Å². The van der Waals surface area contributed by atoms with Crippen molar-refractivity contribution in [1.82, 2.24) is 0 Å². The molecule has 1 atom stereocenters. The first-order valence-electron chi connectivity index (χ1n) is 4.57. The summed E-state index contributed by atoms with van der Waals surface area (Å²) in [5.74, 6) is 0. The van der Waals surface area contributed by atoms with Crippen LogP contribution in [0.15, 0.2) is 17.3 Å². The van der Waals surface area contributed by atoms with Crippen LogP contribution in [0.4, 0.5) is 0 Å². The van der Waals surface area contributed by atoms with Crippen LogP contribution in [0.2, 0.25) is 0 Å². The summed E-state index contributed by atoms with van der Waals surface area (Å²) < 4.78 is 2.27. The van der Waals surface area contributed by atoms with E-state index in [1.54, 1.807) is 0 Å². The molecule has 60 valence electrons. The molecule has 0 N–H and O–H groups in total. The zero-order valence-electron chi connectivity index (χ0n) is 6.87. The van der Waals surface area contributed by atoms with Crippen LogP contribution in [0, 0.1) is 0 Å². The monoisotopic (exact) mass is 151 g/mol. The molecular weight excluding hydrogens is 136 g/mol. The van der Waals surface area contributed by atoms with E-state index in [4.69, 9.17) is 0 Å². The van der Waals surface area contributed by atoms with Crippen molar-refractivity contribution in [3.8, 4) is 0 Å². The lowest BCUT2D eigenvalue weighted by Gasteiger charge is -2.10. The van der Waals surface area contributed by atoms with Gasteiger partial charge in [0.1, 0.15) is 6.54 Å². The van der Waals surface area contributed by atoms with Crippen LogP contribution in [0.25, 0.3) is 0 Å². The van der Waals surface area contributed by atoms with E-state index in [-0.39, 0.29) is 0 Å². The number of azo groups is 2. The highest BCUT2D eigenvalue weighted by Gasteiger charge is 2.23. The van der Waals surface area contributed by atoms with E-state index in [2.05, 4.69) is 22.0 Å². The van der Waals surface area contributed by atoms with Gasteiger partial charge in [-0.05, 0) is 24.0 Å². The van der Waals surface area contributed by atoms with Gasteiger partial charge in [-0.15, -0.1) is 4.70 Å². The molecule has 1 unspecified atom stereocenters. The molecular formula is C9H15N2+. The molecule has 2 heterocycles. The second-order valence-electron chi connectivity index (χ2n) is 3.31. The van der Waals surface area contributed by atoms with Gasteiger partial charge >= 0.3 is 0 Å². The second-order valence-corrected chi connectivity index (χ2v) is 3.31. The predicted octanol–water partition coefficient (Wildman–Crippen LogP) is 1.96. The average molecular weight is 151 g/mol. The lowest BCUT2D eigenvalue weighted by Crippen LogP contribution is -2.25. The van der Waals surface area contributed by atoms with Crippen molar-refractivity contribution in [2.75, 3.05) is 13.1 Å². The highest BCUT2D eigenvalue weighted by atomic mass is 15.3. The first-order valence-corrected chi connectivity index (χ1v) is 4.57. The summed E-state index contributed by atoms with van der Waals surface area (Å²) in [6.07, 6.45) is 9.72. The quantitative estimate of drug-likeness (QED) is 0.371. The van der Waals surface area contributed by atoms with E-state index in [1.807, 2.05) is 0 Å². The van der Waals surface area contributed by atoms with Crippen molar-refractivity contribution in [3.05, 3.63) is 12.2 Å². The van der Waals surface area contributed by atoms with E-state index in [1.165, 1.54) is 25.7 Å². The Morgan fingerprint density at radius 1 is 1.36 bits per heavy atom. The van der Waals surface area contributed by atoms with Gasteiger partial charge in [-0.25, -0.2) is 0 Å². The molecule has 2 rings (SSSR count). The van der Waals surface area contributed by atoms with Crippen LogP contribution in [-0.2, 0) is 0 Å². The van der Waals surface area contributed by atoms with Gasteiger partial charge in [0, 0.05) is 12.8 Å². The average Bonchev–Trinajstić information content (AvgIpc) is 2.28. The molecule has 0 aromatic carbocycles. The molecule has 0 aromatic heterocycles. The van der Waals surface area contributed by atoms with Crippen LogP contribution in [0.3, 0.4) is 0 Å². The molecule has 0 amide bonds. The number of fused-ring (bicyclic) bond motifs is 1. The second kappa shape index (κ2) is 3.16. The number of hydrogen-bond donors (Lipinski definition) is 0. The maximum atomic E-state index is 4.53. The molecule has 2 heteroatoms. The standard InChI is InChI=1S/C9H15N2/c1-3-7-10-11-8-4-2-6-9(11)5-1/h2,6,9H,1,3-5,7-8H2/q+1. The molecule has 2 aliphatic heterocycles. The SMILES string of the molecule is C1=CC2CCCCN=[N+]2CC1. The molecule has 2 nitrogen and oxygen atoms in total. The van der Waals surface area contributed by atoms with E-state index in [0.29, 0.717) is 6.04 Å². The smallest absolute Gasteiger partial charge is 0.121 e. The fourth-order valence-electron chi connectivity index (χ4n) is 1.81. The van der Waals surface area contributed by atoms with Gasteiger partial charge in [-0.2, -0.15) is 0 Å². The maximum Gasteiger partial charge on any atom is 0.196 e. The zero-order chi connectivity index (χ0) is 7.52. The zero-order valence-corrected chi connectivity index (χ0v) is 6.87. The normalized spacial score (nSPS) is 30.5. The highest BCUT2D eigenvalue weighted by molar-refractivity contribution is 4.91. The Balaban J connectivity index is 2.15. The van der Waals surface area contributed by atoms with Gasteiger partial charge in [0.2, 0.25) is 0 Å². The molecule has 0 spiro atoms. The van der Waals surface area contributed by atoms with Gasteiger partial charge in [0.15, 0.2) is 12.6 Å². The summed E-state index contributed by atoms with van der Waals surface area (Å²) in [5, 5.41) is 4.53. The van der Waals surface area contributed by atoms with Crippen molar-refractivity contribution in [3.63, 3.8) is 0 Å². The summed E-state index contributed by atoms with van der Waals surface area (Å²) >= 11 is 0. The van der Waals surface area contributed by atoms with E-state index >= 15 is 0 Å². The number of nitrogens with zero attached hydrogens (tertiary/aromatic N) is 2. The first kappa shape index (κ1) is 7.01. The van der Waals surface area contributed by atoms with Crippen molar-refractivity contribution in [2.45, 2.75) is 31.7 Å². The molecule has 0 radical (unpaired) electrons. The Hall–Kier alpha value is -0.660. The Labute approximate surface area is 67.6 Å². The molecule has 11 heavy (non-hydrogen) atoms. The van der Waals surface area contributed by atoms with Crippen molar-refractivity contribution >= 4 is 0 Å². The van der Waals surface area contributed by atoms with Crippen molar-refractivity contribution in [1.29, 1.82) is 0 Å². The summed E-state index contributed by atoms with van der Waals surface area (Å²) in [6.45, 7) is 2.19. The van der Waals surface area contributed by atoms with E-state index in [0.717, 1.165) is 13.1 Å². The van der Waals surface area contributed by atoms with Gasteiger partial charge in [-0.1, -0.05) is 6.08 Å². The maximum absolute atomic E-state index is 4.53. The van der Waals surface area contributed by atoms with Gasteiger partial charge < -0.3 is 0 Å². The molecule has 0 fully saturated rings. The summed E-state index contributed by atoms with van der Waals surface area (Å²) in [6, 6.07) is 0.631. The third-order valence-electron chi connectivity index (χ3n) is 2.46. The third-order valence-corrected chi connectivity index (χ3v) is 2.46. The van der Waals surface area contributed by atoms with Crippen molar-refractivity contribution < 1.29 is 4.70 Å². The molecule has 0 aromatic rings. The Kier molecular flexibility index (Phi) is 2.01. The van der Waals surface area contributed by atoms with Crippen LogP contribution in [-0.4, -0.2) is 23.8 Å². The van der Waals surface area contributed by atoms with Crippen molar-refractivity contribution in [2.24, 2.45) is 5.11 Å². The van der Waals surface area contributed by atoms with Gasteiger partial charge in [0.25, 0.3) is 0 Å². The summed E-state index contributed by atoms with van der Waals surface area (Å²) in [4.78, 5) is 0. The summed E-state index contributed by atoms with van der Waals surface area (Å²) in [5.41, 5.74) is 0. The first-order chi connectivity index (χ1) is 5.47. The lowest BCUT2D eigenvalue weighted by atomic mass is 10.1.